The van der Waals surface area contributed by atoms with Crippen molar-refractivity contribution in [3.05, 3.63) is 29.8 Å². The van der Waals surface area contributed by atoms with Crippen LogP contribution in [0.1, 0.15) is 50.6 Å². The van der Waals surface area contributed by atoms with Crippen LogP contribution in [-0.2, 0) is 24.4 Å². The zero-order chi connectivity index (χ0) is 29.9. The largest absolute Gasteiger partial charge is 0.493 e. The van der Waals surface area contributed by atoms with Crippen LogP contribution in [0.15, 0.2) is 24.3 Å². The van der Waals surface area contributed by atoms with Crippen molar-refractivity contribution in [1.29, 1.82) is 0 Å². The van der Waals surface area contributed by atoms with Crippen molar-refractivity contribution in [3.63, 3.8) is 0 Å². The molecule has 228 valence electrons. The number of amides is 3. The van der Waals surface area contributed by atoms with E-state index in [0.29, 0.717) is 31.6 Å². The first kappa shape index (κ1) is 31.0. The monoisotopic (exact) mass is 603 g/mol. The van der Waals surface area contributed by atoms with Gasteiger partial charge in [-0.15, -0.1) is 0 Å². The van der Waals surface area contributed by atoms with Crippen LogP contribution >= 0.6 is 0 Å². The molecule has 0 bridgehead atoms. The first-order valence-corrected chi connectivity index (χ1v) is 15.3. The van der Waals surface area contributed by atoms with Crippen molar-refractivity contribution in [2.24, 2.45) is 0 Å². The number of carbonyl (C=O) groups is 3. The number of rotatable bonds is 8. The van der Waals surface area contributed by atoms with Gasteiger partial charge in [0.2, 0.25) is 27.7 Å². The van der Waals surface area contributed by atoms with Crippen LogP contribution in [0.2, 0.25) is 0 Å². The molecular weight excluding hydrogens is 567 g/mol. The Labute approximate surface area is 237 Å². The summed E-state index contributed by atoms with van der Waals surface area (Å²) in [6, 6.07) is 3.53. The summed E-state index contributed by atoms with van der Waals surface area (Å²) in [5.74, 6) is -2.10. The summed E-state index contributed by atoms with van der Waals surface area (Å²) in [5, 5.41) is 8.32. The Bertz CT molecular complexity index is 1250. The molecule has 5 atom stereocenters. The maximum atomic E-state index is 13.9. The Balaban J connectivity index is 1.56. The fourth-order valence-corrected chi connectivity index (χ4v) is 7.03. The number of hydrogen-bond donors (Lipinski definition) is 3. The molecule has 0 radical (unpaired) electrons. The van der Waals surface area contributed by atoms with E-state index in [0.717, 1.165) is 9.87 Å². The molecule has 3 aliphatic rings. The Morgan fingerprint density at radius 1 is 1.10 bits per heavy atom. The van der Waals surface area contributed by atoms with Crippen LogP contribution in [0.3, 0.4) is 0 Å². The third-order valence-corrected chi connectivity index (χ3v) is 9.75. The number of nitrogens with one attached hydrogen (secondary N) is 3. The second kappa shape index (κ2) is 12.5. The third-order valence-electron chi connectivity index (χ3n) is 7.91. The van der Waals surface area contributed by atoms with Crippen molar-refractivity contribution >= 4 is 27.7 Å². The van der Waals surface area contributed by atoms with E-state index < -0.39 is 70.9 Å². The molecule has 41 heavy (non-hydrogen) atoms. The van der Waals surface area contributed by atoms with Crippen LogP contribution in [0, 0.1) is 0 Å². The number of carbonyl (C=O) groups excluding carboxylic acids is 3. The molecule has 3 amide bonds. The minimum Gasteiger partial charge on any atom is -0.493 e. The zero-order valence-corrected chi connectivity index (χ0v) is 23.8. The van der Waals surface area contributed by atoms with Gasteiger partial charge in [-0.25, -0.2) is 8.42 Å². The lowest BCUT2D eigenvalue weighted by Crippen LogP contribution is -2.62. The Morgan fingerprint density at radius 3 is 2.54 bits per heavy atom. The molecule has 1 aromatic rings. The van der Waals surface area contributed by atoms with E-state index in [1.54, 1.807) is 6.92 Å². The van der Waals surface area contributed by atoms with Gasteiger partial charge in [0, 0.05) is 31.1 Å². The van der Waals surface area contributed by atoms with Gasteiger partial charge in [0.1, 0.15) is 17.8 Å². The normalized spacial score (nSPS) is 26.2. The fourth-order valence-electron chi connectivity index (χ4n) is 5.52. The van der Waals surface area contributed by atoms with E-state index in [-0.39, 0.29) is 24.9 Å². The van der Waals surface area contributed by atoms with Crippen LogP contribution in [0.25, 0.3) is 0 Å². The number of nitrogens with zero attached hydrogens (tertiary/aromatic N) is 2. The second-order valence-corrected chi connectivity index (χ2v) is 12.7. The number of fused-ring (bicyclic) bond motifs is 2. The van der Waals surface area contributed by atoms with Gasteiger partial charge in [-0.1, -0.05) is 18.2 Å². The van der Waals surface area contributed by atoms with E-state index in [1.807, 2.05) is 24.3 Å². The summed E-state index contributed by atoms with van der Waals surface area (Å²) in [6.45, 7) is 1.27. The van der Waals surface area contributed by atoms with Crippen LogP contribution < -0.4 is 20.7 Å². The van der Waals surface area contributed by atoms with Crippen molar-refractivity contribution in [3.8, 4) is 5.75 Å². The van der Waals surface area contributed by atoms with Gasteiger partial charge in [0.25, 0.3) is 0 Å². The van der Waals surface area contributed by atoms with Gasteiger partial charge in [0.05, 0.1) is 30.9 Å². The number of para-hydroxylation sites is 1. The smallest absolute Gasteiger partial charge is 0.390 e. The summed E-state index contributed by atoms with van der Waals surface area (Å²) in [5.41, 5.74) is 0.825. The lowest BCUT2D eigenvalue weighted by Gasteiger charge is -2.39. The molecule has 1 aromatic carbocycles. The molecule has 3 aliphatic heterocycles. The molecule has 0 aliphatic carbocycles. The van der Waals surface area contributed by atoms with E-state index in [9.17, 15) is 36.0 Å². The molecule has 2 saturated heterocycles. The summed E-state index contributed by atoms with van der Waals surface area (Å²) < 4.78 is 70.8. The van der Waals surface area contributed by atoms with Gasteiger partial charge < -0.3 is 25.6 Å². The molecule has 0 saturated carbocycles. The van der Waals surface area contributed by atoms with Crippen LogP contribution in [-0.4, -0.2) is 98.2 Å². The lowest BCUT2D eigenvalue weighted by atomic mass is 10.00. The number of hydrogen-bond acceptors (Lipinski definition) is 7. The van der Waals surface area contributed by atoms with Crippen LogP contribution in [0.5, 0.6) is 5.75 Å². The van der Waals surface area contributed by atoms with E-state index in [4.69, 9.17) is 4.74 Å². The van der Waals surface area contributed by atoms with Gasteiger partial charge in [0.15, 0.2) is 0 Å². The first-order valence-electron chi connectivity index (χ1n) is 13.7. The minimum atomic E-state index is -4.67. The average Bonchev–Trinajstić information content (AvgIpc) is 3.35. The third kappa shape index (κ3) is 7.30. The standard InChI is InChI=1S/C26H36F3N5O6S/c1-16(30-2)23(35)32-20-15-33(41(38,39)14-11-26(27,28)29)12-9-17-7-8-21(34(17)25(20)37)24(36)31-19-10-13-40-22-6-4-3-5-18(19)22/h3-6,16-17,19-21,30H,7-15H2,1-2H3,(H,31,36)(H,32,35)/t16-,17+,19+,20-,21-/m0/s1. The number of ether oxygens (including phenoxy) is 1. The fraction of sp³-hybridized carbons (Fsp3) is 0.654. The number of halogens is 3. The van der Waals surface area contributed by atoms with Crippen LogP contribution in [0.4, 0.5) is 13.2 Å². The van der Waals surface area contributed by atoms with Crippen molar-refractivity contribution in [2.75, 3.05) is 32.5 Å². The Morgan fingerprint density at radius 2 is 1.83 bits per heavy atom. The molecular formula is C26H36F3N5O6S. The molecule has 0 aromatic heterocycles. The molecule has 3 heterocycles. The molecule has 4 rings (SSSR count). The second-order valence-electron chi connectivity index (χ2n) is 10.6. The molecule has 15 heteroatoms. The Kier molecular flexibility index (Phi) is 9.49. The van der Waals surface area contributed by atoms with Gasteiger partial charge in [-0.05, 0) is 39.3 Å². The van der Waals surface area contributed by atoms with Gasteiger partial charge >= 0.3 is 6.18 Å². The number of sulfonamides is 1. The minimum absolute atomic E-state index is 0.147. The summed E-state index contributed by atoms with van der Waals surface area (Å²) >= 11 is 0. The van der Waals surface area contributed by atoms with E-state index in [2.05, 4.69) is 16.0 Å². The molecule has 3 N–H and O–H groups in total. The molecule has 2 fully saturated rings. The van der Waals surface area contributed by atoms with Crippen molar-refractivity contribution < 1.29 is 40.7 Å². The number of benzene rings is 1. The maximum absolute atomic E-state index is 13.9. The zero-order valence-electron chi connectivity index (χ0n) is 22.9. The quantitative estimate of drug-likeness (QED) is 0.404. The van der Waals surface area contributed by atoms with Crippen molar-refractivity contribution in [2.45, 2.75) is 75.4 Å². The maximum Gasteiger partial charge on any atom is 0.390 e. The molecule has 0 spiro atoms. The Hall–Kier alpha value is -2.91. The van der Waals surface area contributed by atoms with Crippen molar-refractivity contribution in [1.82, 2.24) is 25.2 Å². The summed E-state index contributed by atoms with van der Waals surface area (Å²) in [4.78, 5) is 41.6. The number of likely N-dealkylation sites (N-methyl/N-ethyl adjacent to an activating group) is 1. The highest BCUT2D eigenvalue weighted by Crippen LogP contribution is 2.34. The molecule has 0 unspecified atom stereocenters. The topological polar surface area (TPSA) is 137 Å². The van der Waals surface area contributed by atoms with E-state index >= 15 is 0 Å². The predicted octanol–water partition coefficient (Wildman–Crippen LogP) is 1.07. The lowest BCUT2D eigenvalue weighted by molar-refractivity contribution is -0.144. The number of alkyl halides is 3. The van der Waals surface area contributed by atoms with Gasteiger partial charge in [-0.2, -0.15) is 17.5 Å². The summed E-state index contributed by atoms with van der Waals surface area (Å²) in [7, 11) is -2.86. The highest BCUT2D eigenvalue weighted by Gasteiger charge is 2.47. The molecule has 11 nitrogen and oxygen atoms in total. The summed E-state index contributed by atoms with van der Waals surface area (Å²) in [6.07, 6.45) is -4.79. The average molecular weight is 604 g/mol. The highest BCUT2D eigenvalue weighted by molar-refractivity contribution is 7.89. The highest BCUT2D eigenvalue weighted by atomic mass is 32.2. The SMILES string of the molecule is CN[C@@H](C)C(=O)N[C@H]1CN(S(=O)(=O)CCC(F)(F)F)CC[C@H]2CC[C@@H](C(=O)N[C@@H]3CCOc4ccccc43)N2C1=O. The van der Waals surface area contributed by atoms with Gasteiger partial charge in [-0.3, -0.25) is 14.4 Å². The van der Waals surface area contributed by atoms with E-state index in [1.165, 1.54) is 11.9 Å². The first-order chi connectivity index (χ1) is 19.3. The predicted molar refractivity (Wildman–Crippen MR) is 142 cm³/mol.